The highest BCUT2D eigenvalue weighted by atomic mass is 32.1. The fourth-order valence-electron chi connectivity index (χ4n) is 1.36. The van der Waals surface area contributed by atoms with Crippen LogP contribution in [0.2, 0.25) is 0 Å². The van der Waals surface area contributed by atoms with Crippen molar-refractivity contribution in [3.63, 3.8) is 0 Å². The van der Waals surface area contributed by atoms with Crippen molar-refractivity contribution in [2.24, 2.45) is 0 Å². The minimum absolute atomic E-state index is 0.0968. The van der Waals surface area contributed by atoms with E-state index in [2.05, 4.69) is 10.3 Å². The number of amides is 1. The van der Waals surface area contributed by atoms with Gasteiger partial charge in [-0.2, -0.15) is 0 Å². The number of rotatable bonds is 3. The predicted molar refractivity (Wildman–Crippen MR) is 63.4 cm³/mol. The Morgan fingerprint density at radius 3 is 2.78 bits per heavy atom. The minimum atomic E-state index is -1.44. The Bertz CT molecular complexity index is 598. The van der Waals surface area contributed by atoms with Crippen LogP contribution < -0.4 is 5.32 Å². The molecule has 0 fully saturated rings. The lowest BCUT2D eigenvalue weighted by atomic mass is 10.1. The van der Waals surface area contributed by atoms with E-state index in [0.717, 1.165) is 6.07 Å². The number of carboxylic acid groups (broad SMARTS) is 1. The average Bonchev–Trinajstić information content (AvgIpc) is 2.81. The van der Waals surface area contributed by atoms with Gasteiger partial charge in [0.25, 0.3) is 5.91 Å². The second kappa shape index (κ2) is 4.92. The van der Waals surface area contributed by atoms with E-state index in [1.165, 1.54) is 34.4 Å². The maximum atomic E-state index is 13.3. The first kappa shape index (κ1) is 12.2. The van der Waals surface area contributed by atoms with Crippen LogP contribution >= 0.6 is 11.3 Å². The highest BCUT2D eigenvalue weighted by Crippen LogP contribution is 2.19. The molecule has 0 bridgehead atoms. The van der Waals surface area contributed by atoms with Crippen molar-refractivity contribution in [1.29, 1.82) is 0 Å². The van der Waals surface area contributed by atoms with Gasteiger partial charge in [-0.25, -0.2) is 14.2 Å². The Labute approximate surface area is 105 Å². The molecule has 1 aromatic heterocycles. The third-order valence-corrected chi connectivity index (χ3v) is 2.73. The van der Waals surface area contributed by atoms with E-state index in [0.29, 0.717) is 0 Å². The summed E-state index contributed by atoms with van der Waals surface area (Å²) in [5, 5.41) is 12.7. The topological polar surface area (TPSA) is 79.3 Å². The number of halogens is 1. The molecule has 0 unspecified atom stereocenters. The molecular weight excluding hydrogens is 259 g/mol. The zero-order chi connectivity index (χ0) is 13.1. The van der Waals surface area contributed by atoms with E-state index in [-0.39, 0.29) is 11.4 Å². The molecule has 1 aromatic carbocycles. The standard InChI is InChI=1S/C11H7FN2O3S/c12-6-2-1-3-7(9(6)11(16)17)14-10(15)8-4-18-5-13-8/h1-5H,(H,14,15)(H,16,17). The minimum Gasteiger partial charge on any atom is -0.478 e. The molecule has 0 spiro atoms. The van der Waals surface area contributed by atoms with Crippen LogP contribution in [0.25, 0.3) is 0 Å². The number of aromatic nitrogens is 1. The number of carbonyl (C=O) groups excluding carboxylic acids is 1. The summed E-state index contributed by atoms with van der Waals surface area (Å²) in [6.07, 6.45) is 0. The number of nitrogens with zero attached hydrogens (tertiary/aromatic N) is 1. The van der Waals surface area contributed by atoms with Crippen molar-refractivity contribution in [3.8, 4) is 0 Å². The molecule has 1 heterocycles. The van der Waals surface area contributed by atoms with Gasteiger partial charge < -0.3 is 10.4 Å². The van der Waals surface area contributed by atoms with Crippen LogP contribution in [0.4, 0.5) is 10.1 Å². The van der Waals surface area contributed by atoms with Crippen LogP contribution in [-0.4, -0.2) is 22.0 Å². The second-order valence-corrected chi connectivity index (χ2v) is 4.01. The predicted octanol–water partition coefficient (Wildman–Crippen LogP) is 2.23. The smallest absolute Gasteiger partial charge is 0.340 e. The second-order valence-electron chi connectivity index (χ2n) is 3.30. The van der Waals surface area contributed by atoms with Crippen LogP contribution in [-0.2, 0) is 0 Å². The number of nitrogens with one attached hydrogen (secondary N) is 1. The van der Waals surface area contributed by atoms with Crippen LogP contribution in [0.1, 0.15) is 20.8 Å². The van der Waals surface area contributed by atoms with E-state index in [9.17, 15) is 14.0 Å². The number of aromatic carboxylic acids is 1. The molecule has 2 rings (SSSR count). The van der Waals surface area contributed by atoms with Crippen molar-refractivity contribution in [2.75, 3.05) is 5.32 Å². The van der Waals surface area contributed by atoms with Crippen LogP contribution in [0.5, 0.6) is 0 Å². The van der Waals surface area contributed by atoms with Gasteiger partial charge in [0.15, 0.2) is 0 Å². The van der Waals surface area contributed by atoms with Crippen LogP contribution in [0.3, 0.4) is 0 Å². The van der Waals surface area contributed by atoms with Crippen molar-refractivity contribution in [2.45, 2.75) is 0 Å². The Balaban J connectivity index is 2.32. The highest BCUT2D eigenvalue weighted by Gasteiger charge is 2.18. The first-order valence-corrected chi connectivity index (χ1v) is 5.75. The lowest BCUT2D eigenvalue weighted by Gasteiger charge is -2.07. The lowest BCUT2D eigenvalue weighted by molar-refractivity contribution is 0.0693. The monoisotopic (exact) mass is 266 g/mol. The molecule has 0 saturated heterocycles. The van der Waals surface area contributed by atoms with E-state index in [1.807, 2.05) is 0 Å². The molecule has 2 aromatic rings. The van der Waals surface area contributed by atoms with Gasteiger partial charge in [-0.15, -0.1) is 11.3 Å². The molecule has 0 aliphatic carbocycles. The summed E-state index contributed by atoms with van der Waals surface area (Å²) in [6.45, 7) is 0. The van der Waals surface area contributed by atoms with Crippen molar-refractivity contribution in [3.05, 3.63) is 46.2 Å². The maximum absolute atomic E-state index is 13.3. The number of hydrogen-bond donors (Lipinski definition) is 2. The summed E-state index contributed by atoms with van der Waals surface area (Å²) in [6, 6.07) is 3.65. The van der Waals surface area contributed by atoms with E-state index in [1.54, 1.807) is 0 Å². The first-order chi connectivity index (χ1) is 8.59. The number of hydrogen-bond acceptors (Lipinski definition) is 4. The third-order valence-electron chi connectivity index (χ3n) is 2.14. The van der Waals surface area contributed by atoms with Gasteiger partial charge in [0.2, 0.25) is 0 Å². The molecule has 7 heteroatoms. The fraction of sp³-hybridized carbons (Fsp3) is 0. The zero-order valence-corrected chi connectivity index (χ0v) is 9.70. The summed E-state index contributed by atoms with van der Waals surface area (Å²) in [4.78, 5) is 26.4. The average molecular weight is 266 g/mol. The largest absolute Gasteiger partial charge is 0.478 e. The Morgan fingerprint density at radius 2 is 2.17 bits per heavy atom. The van der Waals surface area contributed by atoms with Gasteiger partial charge in [0.1, 0.15) is 17.1 Å². The summed E-state index contributed by atoms with van der Waals surface area (Å²) in [5.41, 5.74) is 0.959. The molecule has 5 nitrogen and oxygen atoms in total. The third kappa shape index (κ3) is 2.35. The summed E-state index contributed by atoms with van der Waals surface area (Å²) >= 11 is 1.23. The molecule has 0 radical (unpaired) electrons. The Morgan fingerprint density at radius 1 is 1.39 bits per heavy atom. The van der Waals surface area contributed by atoms with E-state index in [4.69, 9.17) is 5.11 Å². The summed E-state index contributed by atoms with van der Waals surface area (Å²) in [5.74, 6) is -2.93. The molecule has 1 amide bonds. The number of anilines is 1. The number of carboxylic acids is 1. The summed E-state index contributed by atoms with van der Waals surface area (Å²) < 4.78 is 13.3. The molecule has 18 heavy (non-hydrogen) atoms. The normalized spacial score (nSPS) is 10.1. The fourth-order valence-corrected chi connectivity index (χ4v) is 1.89. The van der Waals surface area contributed by atoms with E-state index < -0.39 is 23.3 Å². The van der Waals surface area contributed by atoms with Gasteiger partial charge in [-0.3, -0.25) is 4.79 Å². The van der Waals surface area contributed by atoms with Gasteiger partial charge in [-0.05, 0) is 12.1 Å². The van der Waals surface area contributed by atoms with Crippen LogP contribution in [0, 0.1) is 5.82 Å². The number of benzene rings is 1. The SMILES string of the molecule is O=C(Nc1cccc(F)c1C(=O)O)c1cscn1. The number of thiazole rings is 1. The van der Waals surface area contributed by atoms with Crippen molar-refractivity contribution in [1.82, 2.24) is 4.98 Å². The first-order valence-electron chi connectivity index (χ1n) is 4.81. The van der Waals surface area contributed by atoms with Crippen molar-refractivity contribution < 1.29 is 19.1 Å². The Hall–Kier alpha value is -2.28. The number of carbonyl (C=O) groups is 2. The van der Waals surface area contributed by atoms with Gasteiger partial charge >= 0.3 is 5.97 Å². The van der Waals surface area contributed by atoms with Gasteiger partial charge in [0, 0.05) is 5.38 Å². The van der Waals surface area contributed by atoms with Gasteiger partial charge in [-0.1, -0.05) is 6.07 Å². The molecule has 0 aliphatic heterocycles. The molecule has 2 N–H and O–H groups in total. The van der Waals surface area contributed by atoms with Crippen molar-refractivity contribution >= 4 is 28.9 Å². The van der Waals surface area contributed by atoms with E-state index >= 15 is 0 Å². The lowest BCUT2D eigenvalue weighted by Crippen LogP contribution is -2.16. The van der Waals surface area contributed by atoms with Crippen LogP contribution in [0.15, 0.2) is 29.1 Å². The molecule has 92 valence electrons. The zero-order valence-electron chi connectivity index (χ0n) is 8.88. The molecule has 0 atom stereocenters. The molecule has 0 saturated carbocycles. The molecule has 0 aliphatic rings. The maximum Gasteiger partial charge on any atom is 0.340 e. The Kier molecular flexibility index (Phi) is 3.33. The summed E-state index contributed by atoms with van der Waals surface area (Å²) in [7, 11) is 0. The highest BCUT2D eigenvalue weighted by molar-refractivity contribution is 7.07. The quantitative estimate of drug-likeness (QED) is 0.892. The molecular formula is C11H7FN2O3S. The van der Waals surface area contributed by atoms with Gasteiger partial charge in [0.05, 0.1) is 11.2 Å².